The van der Waals surface area contributed by atoms with Gasteiger partial charge in [-0.25, -0.2) is 0 Å². The number of thiocarbonyl (C=S) groups is 2. The van der Waals surface area contributed by atoms with Crippen LogP contribution in [-0.4, -0.2) is 16.3 Å². The third-order valence-electron chi connectivity index (χ3n) is 3.75. The molecule has 0 saturated heterocycles. The van der Waals surface area contributed by atoms with Crippen molar-refractivity contribution in [2.75, 3.05) is 5.32 Å². The lowest BCUT2D eigenvalue weighted by Gasteiger charge is -2.30. The number of hydrogen-bond acceptors (Lipinski definition) is 2. The van der Waals surface area contributed by atoms with Crippen molar-refractivity contribution in [1.29, 1.82) is 0 Å². The Morgan fingerprint density at radius 2 is 1.67 bits per heavy atom. The molecule has 0 radical (unpaired) electrons. The molecule has 114 valence electrons. The summed E-state index contributed by atoms with van der Waals surface area (Å²) < 4.78 is 0. The Hall–Kier alpha value is -1.40. The van der Waals surface area contributed by atoms with E-state index in [0.717, 1.165) is 5.69 Å². The van der Waals surface area contributed by atoms with E-state index in [-0.39, 0.29) is 0 Å². The summed E-state index contributed by atoms with van der Waals surface area (Å²) in [5.74, 6) is 0.660. The maximum Gasteiger partial charge on any atom is 0.189 e. The molecule has 1 aromatic carbocycles. The zero-order chi connectivity index (χ0) is 15.1. The van der Waals surface area contributed by atoms with Gasteiger partial charge in [-0.2, -0.15) is 0 Å². The summed E-state index contributed by atoms with van der Waals surface area (Å²) in [5.41, 5.74) is 6.78. The standard InChI is InChI=1S/C15H22N4S2/c1-11-7-5-6-10-13(11)17-15(21)19-18-14(20)16-12-8-3-2-4-9-12/h2-4,8-9,11,13H,5-7,10H2,1H3,(H2,16,18,20)(H2,17,19,21)/t11-,13-/m1/s1. The molecule has 0 heterocycles. The van der Waals surface area contributed by atoms with Gasteiger partial charge in [-0.3, -0.25) is 10.9 Å². The van der Waals surface area contributed by atoms with E-state index < -0.39 is 0 Å². The number of anilines is 1. The van der Waals surface area contributed by atoms with E-state index in [4.69, 9.17) is 24.4 Å². The first-order chi connectivity index (χ1) is 10.1. The molecule has 1 aromatic rings. The molecule has 1 aliphatic carbocycles. The first-order valence-corrected chi connectivity index (χ1v) is 8.15. The Bertz CT molecular complexity index is 478. The quantitative estimate of drug-likeness (QED) is 0.496. The van der Waals surface area contributed by atoms with Gasteiger partial charge in [0.05, 0.1) is 0 Å². The van der Waals surface area contributed by atoms with E-state index in [0.29, 0.717) is 22.2 Å². The van der Waals surface area contributed by atoms with Crippen molar-refractivity contribution in [2.45, 2.75) is 38.6 Å². The molecule has 1 fully saturated rings. The minimum atomic E-state index is 0.455. The Balaban J connectivity index is 1.69. The number of hydrogen-bond donors (Lipinski definition) is 4. The monoisotopic (exact) mass is 322 g/mol. The predicted molar refractivity (Wildman–Crippen MR) is 96.1 cm³/mol. The number of benzene rings is 1. The largest absolute Gasteiger partial charge is 0.358 e. The van der Waals surface area contributed by atoms with Gasteiger partial charge in [0, 0.05) is 11.7 Å². The van der Waals surface area contributed by atoms with Crippen LogP contribution >= 0.6 is 24.4 Å². The number of para-hydroxylation sites is 1. The minimum Gasteiger partial charge on any atom is -0.358 e. The lowest BCUT2D eigenvalue weighted by atomic mass is 9.86. The van der Waals surface area contributed by atoms with Gasteiger partial charge in [-0.15, -0.1) is 0 Å². The zero-order valence-electron chi connectivity index (χ0n) is 12.2. The fourth-order valence-electron chi connectivity index (χ4n) is 2.53. The molecule has 1 aliphatic rings. The molecule has 6 heteroatoms. The SMILES string of the molecule is C[C@@H]1CCCC[C@H]1NC(=S)NNC(=S)Nc1ccccc1. The molecule has 0 amide bonds. The average molecular weight is 323 g/mol. The van der Waals surface area contributed by atoms with Crippen molar-refractivity contribution in [2.24, 2.45) is 5.92 Å². The number of hydrazine groups is 1. The first-order valence-electron chi connectivity index (χ1n) is 7.33. The summed E-state index contributed by atoms with van der Waals surface area (Å²) in [6.07, 6.45) is 5.03. The van der Waals surface area contributed by atoms with E-state index in [2.05, 4.69) is 28.4 Å². The Morgan fingerprint density at radius 1 is 1.00 bits per heavy atom. The van der Waals surface area contributed by atoms with Gasteiger partial charge in [0.25, 0.3) is 0 Å². The van der Waals surface area contributed by atoms with Gasteiger partial charge < -0.3 is 10.6 Å². The van der Waals surface area contributed by atoms with Gasteiger partial charge in [0.15, 0.2) is 10.2 Å². The summed E-state index contributed by atoms with van der Waals surface area (Å²) in [5, 5.41) is 7.52. The van der Waals surface area contributed by atoms with Crippen molar-refractivity contribution >= 4 is 40.3 Å². The predicted octanol–water partition coefficient (Wildman–Crippen LogP) is 2.93. The van der Waals surface area contributed by atoms with Gasteiger partial charge in [0.1, 0.15) is 0 Å². The third kappa shape index (κ3) is 5.47. The lowest BCUT2D eigenvalue weighted by molar-refractivity contribution is 0.308. The van der Waals surface area contributed by atoms with Crippen LogP contribution in [0, 0.1) is 5.92 Å². The lowest BCUT2D eigenvalue weighted by Crippen LogP contribution is -2.52. The van der Waals surface area contributed by atoms with Gasteiger partial charge in [0.2, 0.25) is 0 Å². The van der Waals surface area contributed by atoms with Crippen LogP contribution in [0.25, 0.3) is 0 Å². The summed E-state index contributed by atoms with van der Waals surface area (Å²) in [6.45, 7) is 2.27. The zero-order valence-corrected chi connectivity index (χ0v) is 13.8. The van der Waals surface area contributed by atoms with Gasteiger partial charge >= 0.3 is 0 Å². The van der Waals surface area contributed by atoms with Gasteiger partial charge in [-0.1, -0.05) is 38.0 Å². The maximum absolute atomic E-state index is 5.30. The fourth-order valence-corrected chi connectivity index (χ4v) is 2.90. The highest BCUT2D eigenvalue weighted by molar-refractivity contribution is 7.80. The van der Waals surface area contributed by atoms with Crippen LogP contribution in [0.1, 0.15) is 32.6 Å². The van der Waals surface area contributed by atoms with Crippen LogP contribution in [0.15, 0.2) is 30.3 Å². The highest BCUT2D eigenvalue weighted by atomic mass is 32.1. The second-order valence-electron chi connectivity index (χ2n) is 5.41. The maximum atomic E-state index is 5.30. The van der Waals surface area contributed by atoms with E-state index in [1.807, 2.05) is 30.3 Å². The second-order valence-corrected chi connectivity index (χ2v) is 6.23. The molecule has 2 rings (SSSR count). The molecule has 1 saturated carbocycles. The van der Waals surface area contributed by atoms with Crippen molar-refractivity contribution < 1.29 is 0 Å². The van der Waals surface area contributed by atoms with Crippen LogP contribution in [0.2, 0.25) is 0 Å². The van der Waals surface area contributed by atoms with Crippen LogP contribution in [0.4, 0.5) is 5.69 Å². The molecule has 0 aromatic heterocycles. The number of rotatable bonds is 2. The second kappa shape index (κ2) is 8.14. The average Bonchev–Trinajstić information content (AvgIpc) is 2.49. The molecule has 21 heavy (non-hydrogen) atoms. The molecule has 2 atom stereocenters. The van der Waals surface area contributed by atoms with E-state index in [1.54, 1.807) is 0 Å². The van der Waals surface area contributed by atoms with Crippen molar-refractivity contribution in [3.05, 3.63) is 30.3 Å². The molecular weight excluding hydrogens is 300 g/mol. The van der Waals surface area contributed by atoms with Crippen molar-refractivity contribution in [3.63, 3.8) is 0 Å². The van der Waals surface area contributed by atoms with E-state index in [1.165, 1.54) is 25.7 Å². The summed E-state index contributed by atoms with van der Waals surface area (Å²) in [4.78, 5) is 0. The van der Waals surface area contributed by atoms with Crippen LogP contribution in [0.5, 0.6) is 0 Å². The molecule has 0 bridgehead atoms. The summed E-state index contributed by atoms with van der Waals surface area (Å²) in [7, 11) is 0. The number of nitrogens with one attached hydrogen (secondary N) is 4. The molecule has 0 unspecified atom stereocenters. The normalized spacial score (nSPS) is 21.2. The highest BCUT2D eigenvalue weighted by Crippen LogP contribution is 2.23. The summed E-state index contributed by atoms with van der Waals surface area (Å²) >= 11 is 10.5. The smallest absolute Gasteiger partial charge is 0.189 e. The molecule has 0 aliphatic heterocycles. The fraction of sp³-hybridized carbons (Fsp3) is 0.467. The molecule has 4 nitrogen and oxygen atoms in total. The van der Waals surface area contributed by atoms with Crippen molar-refractivity contribution in [3.8, 4) is 0 Å². The molecular formula is C15H22N4S2. The first kappa shape index (κ1) is 16.0. The Kier molecular flexibility index (Phi) is 6.20. The van der Waals surface area contributed by atoms with Crippen LogP contribution in [0.3, 0.4) is 0 Å². The highest BCUT2D eigenvalue weighted by Gasteiger charge is 2.21. The minimum absolute atomic E-state index is 0.455. The summed E-state index contributed by atoms with van der Waals surface area (Å²) in [6, 6.07) is 10.2. The van der Waals surface area contributed by atoms with Crippen LogP contribution in [-0.2, 0) is 0 Å². The van der Waals surface area contributed by atoms with Crippen molar-refractivity contribution in [1.82, 2.24) is 16.2 Å². The third-order valence-corrected chi connectivity index (χ3v) is 4.17. The molecule has 0 spiro atoms. The van der Waals surface area contributed by atoms with E-state index in [9.17, 15) is 0 Å². The Morgan fingerprint density at radius 3 is 2.38 bits per heavy atom. The topological polar surface area (TPSA) is 48.1 Å². The Labute approximate surface area is 137 Å². The van der Waals surface area contributed by atoms with E-state index >= 15 is 0 Å². The van der Waals surface area contributed by atoms with Gasteiger partial charge in [-0.05, 0) is 55.3 Å². The van der Waals surface area contributed by atoms with Crippen LogP contribution < -0.4 is 21.5 Å². The molecule has 4 N–H and O–H groups in total.